The Morgan fingerprint density at radius 2 is 2.27 bits per heavy atom. The van der Waals surface area contributed by atoms with Crippen LogP contribution in [-0.2, 0) is 4.74 Å². The lowest BCUT2D eigenvalue weighted by Crippen LogP contribution is -2.04. The monoisotopic (exact) mass is 264 g/mol. The molecule has 0 N–H and O–H groups in total. The number of nitrogens with zero attached hydrogens (tertiary/aromatic N) is 2. The van der Waals surface area contributed by atoms with Gasteiger partial charge in [0.2, 0.25) is 0 Å². The Hall–Kier alpha value is -0.720. The molecule has 1 aromatic rings. The Bertz CT molecular complexity index is 260. The van der Waals surface area contributed by atoms with Crippen LogP contribution in [0.3, 0.4) is 0 Å². The van der Waals surface area contributed by atoms with Crippen molar-refractivity contribution in [3.8, 4) is 0 Å². The number of rotatable bonds is 1. The Kier molecular flexibility index (Phi) is 2.75. The molecule has 1 aromatic heterocycles. The fourth-order valence-corrected chi connectivity index (χ4v) is 0.801. The second kappa shape index (κ2) is 3.61. The fraction of sp³-hybridized carbons (Fsp3) is 0.167. The van der Waals surface area contributed by atoms with Crippen molar-refractivity contribution in [2.75, 3.05) is 7.11 Å². The highest BCUT2D eigenvalue weighted by Gasteiger charge is 2.05. The number of carbonyl (C=O) groups excluding carboxylic acids is 1. The van der Waals surface area contributed by atoms with Gasteiger partial charge in [0.15, 0.2) is 5.69 Å². The second-order valence-corrected chi connectivity index (χ2v) is 2.82. The van der Waals surface area contributed by atoms with Gasteiger partial charge >= 0.3 is 5.97 Å². The molecular formula is C6H5IN2O2. The van der Waals surface area contributed by atoms with Crippen molar-refractivity contribution in [1.82, 2.24) is 9.97 Å². The van der Waals surface area contributed by atoms with Gasteiger partial charge < -0.3 is 4.74 Å². The van der Waals surface area contributed by atoms with Crippen molar-refractivity contribution in [2.24, 2.45) is 0 Å². The molecule has 0 radical (unpaired) electrons. The lowest BCUT2D eigenvalue weighted by Gasteiger charge is -1.95. The van der Waals surface area contributed by atoms with Gasteiger partial charge in [0.05, 0.1) is 19.5 Å². The van der Waals surface area contributed by atoms with E-state index in [0.29, 0.717) is 0 Å². The first-order chi connectivity index (χ1) is 5.24. The third-order valence-corrected chi connectivity index (χ3v) is 1.57. The zero-order chi connectivity index (χ0) is 8.27. The Morgan fingerprint density at radius 3 is 2.73 bits per heavy atom. The number of methoxy groups -OCH3 is 1. The highest BCUT2D eigenvalue weighted by atomic mass is 127. The van der Waals surface area contributed by atoms with Gasteiger partial charge in [-0.2, -0.15) is 0 Å². The van der Waals surface area contributed by atoms with E-state index in [1.54, 1.807) is 0 Å². The van der Waals surface area contributed by atoms with E-state index in [2.05, 4.69) is 14.7 Å². The quantitative estimate of drug-likeness (QED) is 0.557. The lowest BCUT2D eigenvalue weighted by atomic mass is 10.5. The number of ether oxygens (including phenoxy) is 1. The molecule has 1 rings (SSSR count). The number of aromatic nitrogens is 2. The fourth-order valence-electron chi connectivity index (χ4n) is 0.522. The summed E-state index contributed by atoms with van der Waals surface area (Å²) in [6.07, 6.45) is 2.89. The maximum Gasteiger partial charge on any atom is 0.358 e. The van der Waals surface area contributed by atoms with E-state index in [1.807, 2.05) is 22.6 Å². The minimum atomic E-state index is -0.464. The lowest BCUT2D eigenvalue weighted by molar-refractivity contribution is 0.0593. The molecule has 0 bridgehead atoms. The Morgan fingerprint density at radius 1 is 1.55 bits per heavy atom. The Balaban J connectivity index is 2.90. The average molecular weight is 264 g/mol. The molecule has 0 aliphatic rings. The number of esters is 1. The van der Waals surface area contributed by atoms with Gasteiger partial charge in [0.1, 0.15) is 3.70 Å². The first kappa shape index (κ1) is 8.38. The summed E-state index contributed by atoms with van der Waals surface area (Å²) in [5, 5.41) is 0. The van der Waals surface area contributed by atoms with E-state index in [-0.39, 0.29) is 5.69 Å². The van der Waals surface area contributed by atoms with Crippen molar-refractivity contribution in [2.45, 2.75) is 0 Å². The molecular weight excluding hydrogens is 259 g/mol. The molecule has 58 valence electrons. The normalized spacial score (nSPS) is 9.27. The SMILES string of the molecule is COC(=O)c1cnc(I)cn1. The van der Waals surface area contributed by atoms with E-state index in [0.717, 1.165) is 3.70 Å². The summed E-state index contributed by atoms with van der Waals surface area (Å²) >= 11 is 2.01. The maximum atomic E-state index is 10.8. The van der Waals surface area contributed by atoms with Crippen LogP contribution >= 0.6 is 22.6 Å². The van der Waals surface area contributed by atoms with Gasteiger partial charge in [-0.3, -0.25) is 0 Å². The first-order valence-electron chi connectivity index (χ1n) is 2.80. The average Bonchev–Trinajstić information content (AvgIpc) is 2.05. The van der Waals surface area contributed by atoms with Crippen molar-refractivity contribution in [1.29, 1.82) is 0 Å². The van der Waals surface area contributed by atoms with E-state index >= 15 is 0 Å². The zero-order valence-electron chi connectivity index (χ0n) is 5.74. The largest absolute Gasteiger partial charge is 0.464 e. The minimum Gasteiger partial charge on any atom is -0.464 e. The Labute approximate surface area is 77.1 Å². The van der Waals surface area contributed by atoms with E-state index in [1.165, 1.54) is 19.5 Å². The molecule has 0 saturated carbocycles. The highest BCUT2D eigenvalue weighted by molar-refractivity contribution is 14.1. The predicted molar refractivity (Wildman–Crippen MR) is 46.1 cm³/mol. The number of hydrogen-bond donors (Lipinski definition) is 0. The van der Waals surface area contributed by atoms with Crippen LogP contribution in [0.5, 0.6) is 0 Å². The molecule has 0 unspecified atom stereocenters. The van der Waals surface area contributed by atoms with Gasteiger partial charge in [0, 0.05) is 0 Å². The molecule has 0 aromatic carbocycles. The second-order valence-electron chi connectivity index (χ2n) is 1.72. The standard InChI is InChI=1S/C6H5IN2O2/c1-11-6(10)4-2-9-5(7)3-8-4/h2-3H,1H3. The number of halogens is 1. The molecule has 5 heteroatoms. The first-order valence-corrected chi connectivity index (χ1v) is 3.88. The smallest absolute Gasteiger partial charge is 0.358 e. The molecule has 0 amide bonds. The topological polar surface area (TPSA) is 52.1 Å². The third-order valence-electron chi connectivity index (χ3n) is 1.01. The predicted octanol–water partition coefficient (Wildman–Crippen LogP) is 0.868. The number of hydrogen-bond acceptors (Lipinski definition) is 4. The van der Waals surface area contributed by atoms with Crippen LogP contribution in [-0.4, -0.2) is 23.0 Å². The zero-order valence-corrected chi connectivity index (χ0v) is 7.90. The van der Waals surface area contributed by atoms with Crippen molar-refractivity contribution in [3.63, 3.8) is 0 Å². The van der Waals surface area contributed by atoms with Crippen LogP contribution in [0.2, 0.25) is 0 Å². The van der Waals surface area contributed by atoms with Gasteiger partial charge in [-0.25, -0.2) is 14.8 Å². The van der Waals surface area contributed by atoms with Crippen molar-refractivity contribution < 1.29 is 9.53 Å². The van der Waals surface area contributed by atoms with Crippen LogP contribution in [0.15, 0.2) is 12.4 Å². The summed E-state index contributed by atoms with van der Waals surface area (Å²) in [4.78, 5) is 18.5. The summed E-state index contributed by atoms with van der Waals surface area (Å²) in [6, 6.07) is 0. The van der Waals surface area contributed by atoms with Gasteiger partial charge in [-0.1, -0.05) is 0 Å². The molecule has 0 atom stereocenters. The molecule has 0 aliphatic heterocycles. The van der Waals surface area contributed by atoms with Gasteiger partial charge in [0.25, 0.3) is 0 Å². The molecule has 1 heterocycles. The van der Waals surface area contributed by atoms with Gasteiger partial charge in [-0.05, 0) is 22.6 Å². The highest BCUT2D eigenvalue weighted by Crippen LogP contribution is 1.99. The van der Waals surface area contributed by atoms with Crippen molar-refractivity contribution in [3.05, 3.63) is 21.8 Å². The summed E-state index contributed by atoms with van der Waals surface area (Å²) < 4.78 is 5.18. The number of carbonyl (C=O) groups is 1. The van der Waals surface area contributed by atoms with Crippen LogP contribution in [0.1, 0.15) is 10.5 Å². The minimum absolute atomic E-state index is 0.230. The van der Waals surface area contributed by atoms with E-state index < -0.39 is 5.97 Å². The molecule has 0 spiro atoms. The summed E-state index contributed by atoms with van der Waals surface area (Å²) in [6.45, 7) is 0. The molecule has 11 heavy (non-hydrogen) atoms. The van der Waals surface area contributed by atoms with Crippen LogP contribution in [0.25, 0.3) is 0 Å². The summed E-state index contributed by atoms with van der Waals surface area (Å²) in [5.74, 6) is -0.464. The molecule has 0 fully saturated rings. The van der Waals surface area contributed by atoms with E-state index in [4.69, 9.17) is 0 Å². The molecule has 0 saturated heterocycles. The van der Waals surface area contributed by atoms with Crippen molar-refractivity contribution >= 4 is 28.6 Å². The van der Waals surface area contributed by atoms with E-state index in [9.17, 15) is 4.79 Å². The molecule has 0 aliphatic carbocycles. The summed E-state index contributed by atoms with van der Waals surface area (Å²) in [5.41, 5.74) is 0.230. The van der Waals surface area contributed by atoms with Gasteiger partial charge in [-0.15, -0.1) is 0 Å². The third kappa shape index (κ3) is 2.11. The van der Waals surface area contributed by atoms with Crippen LogP contribution in [0, 0.1) is 3.70 Å². The summed E-state index contributed by atoms with van der Waals surface area (Å²) in [7, 11) is 1.31. The molecule has 4 nitrogen and oxygen atoms in total. The van der Waals surface area contributed by atoms with Crippen LogP contribution in [0.4, 0.5) is 0 Å². The maximum absolute atomic E-state index is 10.8. The van der Waals surface area contributed by atoms with Crippen LogP contribution < -0.4 is 0 Å².